The van der Waals surface area contributed by atoms with Gasteiger partial charge in [0.15, 0.2) is 0 Å². The quantitative estimate of drug-likeness (QED) is 0.719. The van der Waals surface area contributed by atoms with E-state index >= 15 is 0 Å². The molecule has 132 valence electrons. The summed E-state index contributed by atoms with van der Waals surface area (Å²) in [6.45, 7) is 1.78. The second-order valence-corrected chi connectivity index (χ2v) is 8.73. The van der Waals surface area contributed by atoms with Crippen molar-refractivity contribution in [3.05, 3.63) is 0 Å². The minimum absolute atomic E-state index is 0.140. The van der Waals surface area contributed by atoms with E-state index in [1.807, 2.05) is 7.11 Å². The third-order valence-corrected chi connectivity index (χ3v) is 6.88. The molecule has 3 nitrogen and oxygen atoms in total. The predicted octanol–water partition coefficient (Wildman–Crippen LogP) is 4.10. The summed E-state index contributed by atoms with van der Waals surface area (Å²) in [4.78, 5) is 5.19. The van der Waals surface area contributed by atoms with Gasteiger partial charge in [-0.2, -0.15) is 0 Å². The average Bonchev–Trinajstić information content (AvgIpc) is 3.08. The number of hydrogen-bond donors (Lipinski definition) is 1. The first kappa shape index (κ1) is 17.7. The Hall–Kier alpha value is -0.160. The average molecular weight is 389 g/mol. The van der Waals surface area contributed by atoms with Crippen LogP contribution in [0.4, 0.5) is 4.39 Å². The van der Waals surface area contributed by atoms with Gasteiger partial charge in [0.05, 0.1) is 18.5 Å². The molecule has 0 spiro atoms. The molecule has 2 fully saturated rings. The lowest BCUT2D eigenvalue weighted by molar-refractivity contribution is 0.0154. The highest BCUT2D eigenvalue weighted by molar-refractivity contribution is 9.09. The number of rotatable bonds is 5. The number of alkyl halides is 2. The molecule has 0 aromatic heterocycles. The number of ether oxygens (including phenoxy) is 1. The van der Waals surface area contributed by atoms with Gasteiger partial charge in [-0.3, -0.25) is 4.99 Å². The van der Waals surface area contributed by atoms with Crippen LogP contribution in [0.25, 0.3) is 0 Å². The zero-order chi connectivity index (χ0) is 16.2. The molecule has 0 radical (unpaired) electrons. The lowest BCUT2D eigenvalue weighted by atomic mass is 9.72. The molecule has 1 heterocycles. The van der Waals surface area contributed by atoms with Crippen molar-refractivity contribution in [2.24, 2.45) is 22.7 Å². The van der Waals surface area contributed by atoms with Crippen molar-refractivity contribution >= 4 is 21.8 Å². The molecule has 0 aromatic carbocycles. The number of nitrogens with one attached hydrogen (secondary N) is 1. The van der Waals surface area contributed by atoms with E-state index in [9.17, 15) is 4.39 Å². The van der Waals surface area contributed by atoms with Gasteiger partial charge in [0.2, 0.25) is 0 Å². The summed E-state index contributed by atoms with van der Waals surface area (Å²) in [6, 6.07) is 0. The van der Waals surface area contributed by atoms with Gasteiger partial charge < -0.3 is 10.1 Å². The van der Waals surface area contributed by atoms with Crippen LogP contribution in [0.15, 0.2) is 4.99 Å². The fraction of sp³-hybridized carbons (Fsp3) is 0.944. The van der Waals surface area contributed by atoms with E-state index in [1.54, 1.807) is 0 Å². The maximum absolute atomic E-state index is 14.6. The lowest BCUT2D eigenvalue weighted by Crippen LogP contribution is -2.40. The second kappa shape index (κ2) is 8.28. The molecule has 6 unspecified atom stereocenters. The summed E-state index contributed by atoms with van der Waals surface area (Å²) in [6.07, 6.45) is 8.03. The van der Waals surface area contributed by atoms with E-state index in [0.717, 1.165) is 63.9 Å². The third-order valence-electron chi connectivity index (χ3n) is 6.05. The Kier molecular flexibility index (Phi) is 6.36. The normalized spacial score (nSPS) is 41.4. The van der Waals surface area contributed by atoms with E-state index in [1.165, 1.54) is 6.42 Å². The molecular weight excluding hydrogens is 359 g/mol. The topological polar surface area (TPSA) is 33.6 Å². The molecule has 3 rings (SSSR count). The van der Waals surface area contributed by atoms with Crippen molar-refractivity contribution in [1.29, 1.82) is 0 Å². The highest BCUT2D eigenvalue weighted by Crippen LogP contribution is 2.40. The number of methoxy groups -OCH3 is 1. The standard InChI is InChI=1S/C18H30BrFN2O/c1-23-17-8-6-13(19)11-12(17)5-7-14-15(3-2-4-16(14)20)18-21-9-10-22-18/h12-17H,2-11H2,1H3,(H,21,22). The van der Waals surface area contributed by atoms with Crippen molar-refractivity contribution in [1.82, 2.24) is 5.32 Å². The number of nitrogens with zero attached hydrogens (tertiary/aromatic N) is 1. The zero-order valence-electron chi connectivity index (χ0n) is 14.1. The maximum atomic E-state index is 14.6. The smallest absolute Gasteiger partial charge is 0.104 e. The van der Waals surface area contributed by atoms with Gasteiger partial charge in [-0.15, -0.1) is 0 Å². The van der Waals surface area contributed by atoms with E-state index in [-0.39, 0.29) is 5.92 Å². The molecular formula is C18H30BrFN2O. The second-order valence-electron chi connectivity index (χ2n) is 7.43. The van der Waals surface area contributed by atoms with Gasteiger partial charge in [0, 0.05) is 24.4 Å². The lowest BCUT2D eigenvalue weighted by Gasteiger charge is -2.38. The Morgan fingerprint density at radius 3 is 2.87 bits per heavy atom. The Morgan fingerprint density at radius 1 is 1.26 bits per heavy atom. The summed E-state index contributed by atoms with van der Waals surface area (Å²) >= 11 is 3.77. The number of hydrogen-bond acceptors (Lipinski definition) is 3. The SMILES string of the molecule is COC1CCC(Br)CC1CCC1C(F)CCCC1C1=NCCN1. The number of amidine groups is 1. The van der Waals surface area contributed by atoms with Crippen LogP contribution in [0.2, 0.25) is 0 Å². The molecule has 5 heteroatoms. The maximum Gasteiger partial charge on any atom is 0.104 e. The zero-order valence-corrected chi connectivity index (χ0v) is 15.7. The monoisotopic (exact) mass is 388 g/mol. The molecule has 2 aliphatic carbocycles. The van der Waals surface area contributed by atoms with Gasteiger partial charge in [-0.05, 0) is 63.2 Å². The van der Waals surface area contributed by atoms with Crippen LogP contribution in [0.3, 0.4) is 0 Å². The van der Waals surface area contributed by atoms with Crippen LogP contribution in [0.5, 0.6) is 0 Å². The summed E-state index contributed by atoms with van der Waals surface area (Å²) in [7, 11) is 1.82. The van der Waals surface area contributed by atoms with Crippen molar-refractivity contribution in [2.45, 2.75) is 68.5 Å². The first-order chi connectivity index (χ1) is 11.2. The van der Waals surface area contributed by atoms with Crippen LogP contribution < -0.4 is 5.32 Å². The van der Waals surface area contributed by atoms with E-state index < -0.39 is 6.17 Å². The molecule has 0 saturated heterocycles. The van der Waals surface area contributed by atoms with Gasteiger partial charge in [0.1, 0.15) is 6.17 Å². The first-order valence-electron chi connectivity index (χ1n) is 9.28. The highest BCUT2D eigenvalue weighted by atomic mass is 79.9. The summed E-state index contributed by atoms with van der Waals surface area (Å²) < 4.78 is 20.3. The molecule has 1 aliphatic heterocycles. The molecule has 2 saturated carbocycles. The van der Waals surface area contributed by atoms with Gasteiger partial charge in [-0.25, -0.2) is 4.39 Å². The summed E-state index contributed by atoms with van der Waals surface area (Å²) in [5, 5.41) is 3.39. The van der Waals surface area contributed by atoms with Gasteiger partial charge in [0.25, 0.3) is 0 Å². The fourth-order valence-corrected chi connectivity index (χ4v) is 5.54. The molecule has 0 bridgehead atoms. The van der Waals surface area contributed by atoms with Gasteiger partial charge in [-0.1, -0.05) is 15.9 Å². The molecule has 0 aromatic rings. The number of halogens is 2. The highest BCUT2D eigenvalue weighted by Gasteiger charge is 2.38. The Labute approximate surface area is 148 Å². The predicted molar refractivity (Wildman–Crippen MR) is 96.1 cm³/mol. The van der Waals surface area contributed by atoms with E-state index in [4.69, 9.17) is 4.74 Å². The third kappa shape index (κ3) is 4.28. The van der Waals surface area contributed by atoms with E-state index in [0.29, 0.717) is 22.8 Å². The molecule has 1 N–H and O–H groups in total. The Bertz CT molecular complexity index is 420. The van der Waals surface area contributed by atoms with E-state index in [2.05, 4.69) is 26.2 Å². The van der Waals surface area contributed by atoms with Gasteiger partial charge >= 0.3 is 0 Å². The van der Waals surface area contributed by atoms with Crippen molar-refractivity contribution in [3.63, 3.8) is 0 Å². The van der Waals surface area contributed by atoms with Crippen LogP contribution in [-0.4, -0.2) is 43.1 Å². The summed E-state index contributed by atoms with van der Waals surface area (Å²) in [5.74, 6) is 2.10. The largest absolute Gasteiger partial charge is 0.381 e. The van der Waals surface area contributed by atoms with Crippen molar-refractivity contribution in [3.8, 4) is 0 Å². The minimum Gasteiger partial charge on any atom is -0.381 e. The molecule has 3 aliphatic rings. The van der Waals surface area contributed by atoms with Crippen LogP contribution in [0.1, 0.15) is 51.4 Å². The van der Waals surface area contributed by atoms with Crippen LogP contribution in [0, 0.1) is 17.8 Å². The number of aliphatic imine (C=N–C) groups is 1. The molecule has 23 heavy (non-hydrogen) atoms. The Balaban J connectivity index is 1.61. The van der Waals surface area contributed by atoms with Crippen LogP contribution >= 0.6 is 15.9 Å². The minimum atomic E-state index is -0.664. The Morgan fingerprint density at radius 2 is 2.13 bits per heavy atom. The first-order valence-corrected chi connectivity index (χ1v) is 10.2. The fourth-order valence-electron chi connectivity index (χ4n) is 4.80. The van der Waals surface area contributed by atoms with Crippen LogP contribution in [-0.2, 0) is 4.74 Å². The van der Waals surface area contributed by atoms with Crippen molar-refractivity contribution in [2.75, 3.05) is 20.2 Å². The molecule has 6 atom stereocenters. The summed E-state index contributed by atoms with van der Waals surface area (Å²) in [5.41, 5.74) is 0. The van der Waals surface area contributed by atoms with Crippen molar-refractivity contribution < 1.29 is 9.13 Å². The molecule has 0 amide bonds.